The Kier molecular flexibility index (Phi) is 4.29. The van der Waals surface area contributed by atoms with Gasteiger partial charge in [0.2, 0.25) is 0 Å². The van der Waals surface area contributed by atoms with E-state index in [2.05, 4.69) is 35.0 Å². The van der Waals surface area contributed by atoms with Crippen molar-refractivity contribution in [1.29, 1.82) is 0 Å². The Hall–Kier alpha value is -0.740. The fourth-order valence-electron chi connectivity index (χ4n) is 1.95. The zero-order valence-corrected chi connectivity index (χ0v) is 11.6. The molecule has 0 saturated heterocycles. The molecule has 1 aliphatic rings. The van der Waals surface area contributed by atoms with Crippen LogP contribution >= 0.6 is 15.9 Å². The lowest BCUT2D eigenvalue weighted by molar-refractivity contribution is 0.296. The van der Waals surface area contributed by atoms with Crippen molar-refractivity contribution in [3.05, 3.63) is 22.2 Å². The van der Waals surface area contributed by atoms with Crippen LogP contribution < -0.4 is 15.2 Å². The summed E-state index contributed by atoms with van der Waals surface area (Å²) in [7, 11) is 0. The zero-order valence-electron chi connectivity index (χ0n) is 10.0. The first-order chi connectivity index (χ1) is 8.22. The van der Waals surface area contributed by atoms with E-state index in [0.29, 0.717) is 25.7 Å². The maximum absolute atomic E-state index is 5.71. The summed E-state index contributed by atoms with van der Waals surface area (Å²) in [6.45, 7) is 4.31. The van der Waals surface area contributed by atoms with Crippen molar-refractivity contribution in [3.63, 3.8) is 0 Å². The predicted octanol–water partition coefficient (Wildman–Crippen LogP) is 3.06. The summed E-state index contributed by atoms with van der Waals surface area (Å²) in [5.74, 6) is 2.11. The quantitative estimate of drug-likeness (QED) is 0.933. The second-order valence-corrected chi connectivity index (χ2v) is 5.21. The molecule has 2 N–H and O–H groups in total. The van der Waals surface area contributed by atoms with E-state index in [1.165, 1.54) is 5.56 Å². The number of hydrogen-bond acceptors (Lipinski definition) is 3. The van der Waals surface area contributed by atoms with E-state index in [1.54, 1.807) is 0 Å². The van der Waals surface area contributed by atoms with E-state index >= 15 is 0 Å². The van der Waals surface area contributed by atoms with Gasteiger partial charge in [-0.3, -0.25) is 0 Å². The van der Waals surface area contributed by atoms with Gasteiger partial charge in [-0.15, -0.1) is 0 Å². The summed E-state index contributed by atoms with van der Waals surface area (Å²) in [6.07, 6.45) is 1.90. The molecule has 1 aromatic rings. The molecule has 1 aromatic carbocycles. The predicted molar refractivity (Wildman–Crippen MR) is 71.8 cm³/mol. The minimum absolute atomic E-state index is 0.438. The number of hydrogen-bond donors (Lipinski definition) is 1. The van der Waals surface area contributed by atoms with E-state index in [-0.39, 0.29) is 0 Å². The summed E-state index contributed by atoms with van der Waals surface area (Å²) in [5.41, 5.74) is 6.84. The largest absolute Gasteiger partial charge is 0.490 e. The Morgan fingerprint density at radius 3 is 2.88 bits per heavy atom. The van der Waals surface area contributed by atoms with Crippen molar-refractivity contribution in [3.8, 4) is 11.5 Å². The summed E-state index contributed by atoms with van der Waals surface area (Å²) in [6, 6.07) is 4.18. The summed E-state index contributed by atoms with van der Waals surface area (Å²) < 4.78 is 12.4. The van der Waals surface area contributed by atoms with Gasteiger partial charge >= 0.3 is 0 Å². The fourth-order valence-corrected chi connectivity index (χ4v) is 2.53. The molecule has 0 aliphatic carbocycles. The first-order valence-electron chi connectivity index (χ1n) is 6.01. The Balaban J connectivity index is 2.31. The molecule has 0 radical (unpaired) electrons. The van der Waals surface area contributed by atoms with Gasteiger partial charge in [0.1, 0.15) is 0 Å². The van der Waals surface area contributed by atoms with Gasteiger partial charge in [-0.05, 0) is 52.5 Å². The van der Waals surface area contributed by atoms with Crippen molar-refractivity contribution in [2.24, 2.45) is 5.73 Å². The van der Waals surface area contributed by atoms with Gasteiger partial charge in [-0.25, -0.2) is 0 Å². The highest BCUT2D eigenvalue weighted by atomic mass is 79.9. The molecule has 1 aliphatic heterocycles. The van der Waals surface area contributed by atoms with Crippen LogP contribution in [0.4, 0.5) is 0 Å². The number of benzene rings is 1. The zero-order chi connectivity index (χ0) is 12.3. The van der Waals surface area contributed by atoms with Crippen LogP contribution in [-0.4, -0.2) is 19.8 Å². The molecule has 17 heavy (non-hydrogen) atoms. The van der Waals surface area contributed by atoms with E-state index in [4.69, 9.17) is 15.2 Å². The van der Waals surface area contributed by atoms with Crippen molar-refractivity contribution in [2.75, 3.05) is 19.8 Å². The molecule has 1 unspecified atom stereocenters. The molecule has 0 fully saturated rings. The third-order valence-corrected chi connectivity index (χ3v) is 3.58. The number of ether oxygens (including phenoxy) is 2. The second-order valence-electron chi connectivity index (χ2n) is 4.36. The van der Waals surface area contributed by atoms with Gasteiger partial charge in [0, 0.05) is 6.42 Å². The van der Waals surface area contributed by atoms with Crippen LogP contribution in [0.1, 0.15) is 31.2 Å². The van der Waals surface area contributed by atoms with E-state index < -0.39 is 0 Å². The summed E-state index contributed by atoms with van der Waals surface area (Å²) in [4.78, 5) is 0. The van der Waals surface area contributed by atoms with Crippen LogP contribution in [0.25, 0.3) is 0 Å². The van der Waals surface area contributed by atoms with E-state index in [0.717, 1.165) is 28.8 Å². The molecule has 4 heteroatoms. The molecule has 0 aromatic heterocycles. The summed E-state index contributed by atoms with van der Waals surface area (Å²) in [5, 5.41) is 0. The number of nitrogens with two attached hydrogens (primary N) is 1. The van der Waals surface area contributed by atoms with Gasteiger partial charge in [-0.1, -0.05) is 6.92 Å². The summed E-state index contributed by atoms with van der Waals surface area (Å²) >= 11 is 3.55. The van der Waals surface area contributed by atoms with Gasteiger partial charge in [-0.2, -0.15) is 0 Å². The smallest absolute Gasteiger partial charge is 0.175 e. The van der Waals surface area contributed by atoms with Crippen LogP contribution in [0.5, 0.6) is 11.5 Å². The van der Waals surface area contributed by atoms with E-state index in [1.807, 2.05) is 0 Å². The second kappa shape index (κ2) is 5.74. The molecule has 2 rings (SSSR count). The molecule has 1 atom stereocenters. The lowest BCUT2D eigenvalue weighted by Crippen LogP contribution is -2.05. The number of rotatable bonds is 3. The van der Waals surface area contributed by atoms with Crippen molar-refractivity contribution in [2.45, 2.75) is 25.7 Å². The molecule has 3 nitrogen and oxygen atoms in total. The van der Waals surface area contributed by atoms with Crippen LogP contribution in [0.2, 0.25) is 0 Å². The molecule has 0 saturated carbocycles. The fraction of sp³-hybridized carbons (Fsp3) is 0.538. The van der Waals surface area contributed by atoms with E-state index in [9.17, 15) is 0 Å². The molecule has 0 bridgehead atoms. The van der Waals surface area contributed by atoms with Crippen molar-refractivity contribution in [1.82, 2.24) is 0 Å². The van der Waals surface area contributed by atoms with Crippen LogP contribution in [0, 0.1) is 0 Å². The van der Waals surface area contributed by atoms with Gasteiger partial charge in [0.05, 0.1) is 17.7 Å². The third kappa shape index (κ3) is 2.93. The number of halogens is 1. The average Bonchev–Trinajstić information content (AvgIpc) is 2.54. The van der Waals surface area contributed by atoms with Gasteiger partial charge < -0.3 is 15.2 Å². The van der Waals surface area contributed by atoms with Crippen molar-refractivity contribution < 1.29 is 9.47 Å². The average molecular weight is 300 g/mol. The number of fused-ring (bicyclic) bond motifs is 1. The van der Waals surface area contributed by atoms with Crippen LogP contribution in [0.15, 0.2) is 16.6 Å². The highest BCUT2D eigenvalue weighted by Gasteiger charge is 2.17. The van der Waals surface area contributed by atoms with Gasteiger partial charge in [0.25, 0.3) is 0 Å². The van der Waals surface area contributed by atoms with Gasteiger partial charge in [0.15, 0.2) is 11.5 Å². The highest BCUT2D eigenvalue weighted by Crippen LogP contribution is 2.40. The molecule has 0 spiro atoms. The Labute approximate surface area is 110 Å². The first-order valence-corrected chi connectivity index (χ1v) is 6.80. The maximum atomic E-state index is 5.71. The highest BCUT2D eigenvalue weighted by molar-refractivity contribution is 9.10. The maximum Gasteiger partial charge on any atom is 0.175 e. The first kappa shape index (κ1) is 12.7. The van der Waals surface area contributed by atoms with Crippen molar-refractivity contribution >= 4 is 15.9 Å². The third-order valence-electron chi connectivity index (χ3n) is 2.99. The lowest BCUT2D eigenvalue weighted by Gasteiger charge is -2.15. The lowest BCUT2D eigenvalue weighted by atomic mass is 9.97. The van der Waals surface area contributed by atoms with Crippen LogP contribution in [-0.2, 0) is 0 Å². The molecule has 94 valence electrons. The monoisotopic (exact) mass is 299 g/mol. The topological polar surface area (TPSA) is 44.5 Å². The Morgan fingerprint density at radius 2 is 2.12 bits per heavy atom. The molecule has 1 heterocycles. The van der Waals surface area contributed by atoms with Crippen LogP contribution in [0.3, 0.4) is 0 Å². The standard InChI is InChI=1S/C13H18BrNO2/c1-9(3-4-15)10-7-11(14)13-12(8-10)16-5-2-6-17-13/h7-9H,2-6,15H2,1H3. The normalized spacial score (nSPS) is 16.4. The minimum Gasteiger partial charge on any atom is -0.490 e. The Bertz CT molecular complexity index is 395. The minimum atomic E-state index is 0.438. The SMILES string of the molecule is CC(CCN)c1cc(Br)c2c(c1)OCCCO2. The Morgan fingerprint density at radius 1 is 1.35 bits per heavy atom. The molecular formula is C13H18BrNO2. The molecular weight excluding hydrogens is 282 g/mol. The molecule has 0 amide bonds.